The van der Waals surface area contributed by atoms with Crippen molar-refractivity contribution in [2.24, 2.45) is 0 Å². The van der Waals surface area contributed by atoms with E-state index < -0.39 is 15.0 Å². The molecule has 0 aromatic carbocycles. The molecule has 0 fully saturated rings. The van der Waals surface area contributed by atoms with Crippen molar-refractivity contribution in [3.05, 3.63) is 0 Å². The minimum atomic E-state index is -2.41. The molecule has 0 heterocycles. The molecular formula is C5H15O3PSSi. The average Bonchev–Trinajstić information content (AvgIpc) is 1.84. The summed E-state index contributed by atoms with van der Waals surface area (Å²) in [6.45, 7) is 3.74. The molecule has 0 aliphatic carbocycles. The second kappa shape index (κ2) is 4.12. The van der Waals surface area contributed by atoms with Crippen LogP contribution in [0.2, 0.25) is 19.6 Å². The highest BCUT2D eigenvalue weighted by Gasteiger charge is 2.26. The Morgan fingerprint density at radius 1 is 1.09 bits per heavy atom. The molecule has 0 aromatic heterocycles. The summed E-state index contributed by atoms with van der Waals surface area (Å²) < 4.78 is 15.5. The van der Waals surface area contributed by atoms with Gasteiger partial charge in [0.05, 0.1) is 0 Å². The molecule has 0 radical (unpaired) electrons. The van der Waals surface area contributed by atoms with Crippen LogP contribution in [0.25, 0.3) is 0 Å². The molecule has 0 rings (SSSR count). The molecule has 6 heteroatoms. The number of hydrogen-bond acceptors (Lipinski definition) is 4. The maximum Gasteiger partial charge on any atom is 0.316 e. The quantitative estimate of drug-likeness (QED) is 0.530. The SMILES string of the molecule is COP(=S)(OC)O[Si](C)(C)C. The largest absolute Gasteiger partial charge is 0.351 e. The van der Waals surface area contributed by atoms with Gasteiger partial charge in [-0.2, -0.15) is 0 Å². The van der Waals surface area contributed by atoms with E-state index in [-0.39, 0.29) is 0 Å². The first-order valence-electron chi connectivity index (χ1n) is 3.25. The standard InChI is InChI=1S/C5H15O3PSSi/c1-6-9(10,7-2)8-11(3,4)5/h1-5H3. The predicted octanol–water partition coefficient (Wildman–Crippen LogP) is 2.36. The van der Waals surface area contributed by atoms with E-state index in [2.05, 4.69) is 0 Å². The van der Waals surface area contributed by atoms with E-state index in [9.17, 15) is 0 Å². The third kappa shape index (κ3) is 5.06. The Balaban J connectivity index is 4.21. The second-order valence-electron chi connectivity index (χ2n) is 3.02. The Bertz CT molecular complexity index is 160. The van der Waals surface area contributed by atoms with Crippen LogP contribution in [-0.2, 0) is 25.1 Å². The molecule has 0 saturated heterocycles. The topological polar surface area (TPSA) is 27.7 Å². The molecule has 11 heavy (non-hydrogen) atoms. The molecule has 3 nitrogen and oxygen atoms in total. The maximum atomic E-state index is 5.54. The molecule has 0 saturated carbocycles. The van der Waals surface area contributed by atoms with Gasteiger partial charge in [-0.15, -0.1) is 0 Å². The Morgan fingerprint density at radius 2 is 1.45 bits per heavy atom. The third-order valence-electron chi connectivity index (χ3n) is 0.833. The van der Waals surface area contributed by atoms with E-state index in [1.165, 1.54) is 14.2 Å². The van der Waals surface area contributed by atoms with Gasteiger partial charge in [-0.3, -0.25) is 0 Å². The summed E-state index contributed by atoms with van der Waals surface area (Å²) >= 11 is 5.03. The third-order valence-corrected chi connectivity index (χ3v) is 6.38. The van der Waals surface area contributed by atoms with Gasteiger partial charge in [0, 0.05) is 14.2 Å². The zero-order chi connectivity index (χ0) is 9.12. The number of hydrogen-bond donors (Lipinski definition) is 0. The zero-order valence-electron chi connectivity index (χ0n) is 7.58. The molecule has 0 unspecified atom stereocenters. The number of rotatable bonds is 4. The summed E-state index contributed by atoms with van der Waals surface area (Å²) in [5.74, 6) is 0. The van der Waals surface area contributed by atoms with Crippen LogP contribution in [0.3, 0.4) is 0 Å². The molecule has 0 amide bonds. The monoisotopic (exact) mass is 214 g/mol. The van der Waals surface area contributed by atoms with Crippen molar-refractivity contribution >= 4 is 26.8 Å². The van der Waals surface area contributed by atoms with E-state index in [1.807, 2.05) is 19.6 Å². The summed E-state index contributed by atoms with van der Waals surface area (Å²) in [5.41, 5.74) is 0. The fraction of sp³-hybridized carbons (Fsp3) is 1.00. The zero-order valence-corrected chi connectivity index (χ0v) is 10.3. The van der Waals surface area contributed by atoms with E-state index in [0.717, 1.165) is 0 Å². The summed E-state index contributed by atoms with van der Waals surface area (Å²) in [5, 5.41) is 0. The molecule has 0 aliphatic rings. The van der Waals surface area contributed by atoms with Crippen molar-refractivity contribution in [2.75, 3.05) is 14.2 Å². The smallest absolute Gasteiger partial charge is 0.316 e. The van der Waals surface area contributed by atoms with Crippen LogP contribution in [0.5, 0.6) is 0 Å². The van der Waals surface area contributed by atoms with Gasteiger partial charge in [0.25, 0.3) is 0 Å². The van der Waals surface area contributed by atoms with Crippen molar-refractivity contribution in [3.63, 3.8) is 0 Å². The lowest BCUT2D eigenvalue weighted by molar-refractivity contribution is 0.271. The molecule has 68 valence electrons. The summed E-state index contributed by atoms with van der Waals surface area (Å²) in [6.07, 6.45) is 0. The molecule has 0 aliphatic heterocycles. The minimum Gasteiger partial charge on any atom is -0.351 e. The first-order chi connectivity index (χ1) is 4.83. The molecular weight excluding hydrogens is 199 g/mol. The van der Waals surface area contributed by atoms with Crippen LogP contribution in [0.1, 0.15) is 0 Å². The summed E-state index contributed by atoms with van der Waals surface area (Å²) in [6, 6.07) is 0. The second-order valence-corrected chi connectivity index (χ2v) is 10.9. The highest BCUT2D eigenvalue weighted by molar-refractivity contribution is 8.08. The normalized spacial score (nSPS) is 13.5. The van der Waals surface area contributed by atoms with Crippen LogP contribution < -0.4 is 0 Å². The van der Waals surface area contributed by atoms with Gasteiger partial charge in [-0.05, 0) is 31.4 Å². The van der Waals surface area contributed by atoms with Gasteiger partial charge >= 0.3 is 6.72 Å². The molecule has 0 spiro atoms. The van der Waals surface area contributed by atoms with Crippen molar-refractivity contribution in [3.8, 4) is 0 Å². The Hall–Kier alpha value is 0.747. The van der Waals surface area contributed by atoms with Crippen LogP contribution in [-0.4, -0.2) is 22.5 Å². The lowest BCUT2D eigenvalue weighted by atomic mass is 11.8. The van der Waals surface area contributed by atoms with E-state index in [1.54, 1.807) is 0 Å². The highest BCUT2D eigenvalue weighted by atomic mass is 32.5. The van der Waals surface area contributed by atoms with Crippen LogP contribution in [0.4, 0.5) is 0 Å². The minimum absolute atomic E-state index is 1.52. The van der Waals surface area contributed by atoms with Gasteiger partial charge in [-0.1, -0.05) is 0 Å². The fourth-order valence-electron chi connectivity index (χ4n) is 0.484. The predicted molar refractivity (Wildman–Crippen MR) is 52.7 cm³/mol. The van der Waals surface area contributed by atoms with Crippen molar-refractivity contribution in [1.82, 2.24) is 0 Å². The summed E-state index contributed by atoms with van der Waals surface area (Å²) in [4.78, 5) is 0. The Kier molecular flexibility index (Phi) is 4.40. The van der Waals surface area contributed by atoms with Crippen LogP contribution >= 0.6 is 6.72 Å². The van der Waals surface area contributed by atoms with E-state index >= 15 is 0 Å². The highest BCUT2D eigenvalue weighted by Crippen LogP contribution is 2.50. The average molecular weight is 214 g/mol. The van der Waals surface area contributed by atoms with Crippen LogP contribution in [0.15, 0.2) is 0 Å². The molecule has 0 N–H and O–H groups in total. The summed E-state index contributed by atoms with van der Waals surface area (Å²) in [7, 11) is 1.40. The fourth-order valence-corrected chi connectivity index (χ4v) is 5.93. The first-order valence-corrected chi connectivity index (χ1v) is 9.22. The van der Waals surface area contributed by atoms with Crippen molar-refractivity contribution < 1.29 is 13.3 Å². The molecule has 0 atom stereocenters. The van der Waals surface area contributed by atoms with Gasteiger partial charge in [0.2, 0.25) is 0 Å². The molecule has 0 bridgehead atoms. The van der Waals surface area contributed by atoms with E-state index in [0.29, 0.717) is 0 Å². The Morgan fingerprint density at radius 3 is 1.55 bits per heavy atom. The van der Waals surface area contributed by atoms with Gasteiger partial charge < -0.3 is 13.3 Å². The van der Waals surface area contributed by atoms with Crippen LogP contribution in [0, 0.1) is 0 Å². The molecule has 0 aromatic rings. The lowest BCUT2D eigenvalue weighted by Gasteiger charge is -2.25. The lowest BCUT2D eigenvalue weighted by Crippen LogP contribution is -2.24. The van der Waals surface area contributed by atoms with Crippen molar-refractivity contribution in [1.29, 1.82) is 0 Å². The Labute approximate surface area is 74.4 Å². The maximum absolute atomic E-state index is 5.54. The van der Waals surface area contributed by atoms with Gasteiger partial charge in [0.15, 0.2) is 8.32 Å². The van der Waals surface area contributed by atoms with Gasteiger partial charge in [0.1, 0.15) is 0 Å². The van der Waals surface area contributed by atoms with Gasteiger partial charge in [-0.25, -0.2) is 0 Å². The van der Waals surface area contributed by atoms with Crippen molar-refractivity contribution in [2.45, 2.75) is 19.6 Å². The first kappa shape index (κ1) is 11.7. The van der Waals surface area contributed by atoms with E-state index in [4.69, 9.17) is 25.1 Å².